The highest BCUT2D eigenvalue weighted by Crippen LogP contribution is 2.35. The van der Waals surface area contributed by atoms with Gasteiger partial charge in [-0.1, -0.05) is 0 Å². The van der Waals surface area contributed by atoms with Gasteiger partial charge in [-0.05, 0) is 56.3 Å². The van der Waals surface area contributed by atoms with Crippen molar-refractivity contribution in [1.29, 1.82) is 0 Å². The number of rotatable bonds is 5. The normalized spacial score (nSPS) is 15.9. The lowest BCUT2D eigenvalue weighted by molar-refractivity contribution is 0.104. The van der Waals surface area contributed by atoms with Crippen molar-refractivity contribution in [2.24, 2.45) is 0 Å². The van der Waals surface area contributed by atoms with Crippen molar-refractivity contribution >= 4 is 11.9 Å². The minimum atomic E-state index is -1.05. The first-order valence-electron chi connectivity index (χ1n) is 8.11. The minimum Gasteiger partial charge on any atom is -0.493 e. The van der Waals surface area contributed by atoms with Crippen LogP contribution in [0, 0.1) is 11.6 Å². The summed E-state index contributed by atoms with van der Waals surface area (Å²) in [4.78, 5) is 12.2. The van der Waals surface area contributed by atoms with Crippen LogP contribution in [0.15, 0.2) is 36.4 Å². The van der Waals surface area contributed by atoms with Crippen molar-refractivity contribution in [1.82, 2.24) is 0 Å². The van der Waals surface area contributed by atoms with Crippen molar-refractivity contribution in [2.75, 3.05) is 6.61 Å². The molecule has 0 aliphatic carbocycles. The van der Waals surface area contributed by atoms with Gasteiger partial charge in [0.2, 0.25) is 0 Å². The van der Waals surface area contributed by atoms with E-state index in [0.717, 1.165) is 29.9 Å². The number of fused-ring (bicyclic) bond motifs is 1. The lowest BCUT2D eigenvalue weighted by atomic mass is 10.0. The van der Waals surface area contributed by atoms with E-state index in [1.165, 1.54) is 12.1 Å². The van der Waals surface area contributed by atoms with E-state index in [2.05, 4.69) is 0 Å². The number of allylic oxidation sites excluding steroid dienone is 1. The zero-order chi connectivity index (χ0) is 18.0. The van der Waals surface area contributed by atoms with Gasteiger partial charge >= 0.3 is 0 Å². The molecular formula is C20H18F2O3. The Morgan fingerprint density at radius 1 is 1.28 bits per heavy atom. The molecule has 1 atom stereocenters. The maximum atomic E-state index is 13.3. The summed E-state index contributed by atoms with van der Waals surface area (Å²) >= 11 is 0. The summed E-state index contributed by atoms with van der Waals surface area (Å²) in [6.07, 6.45) is 3.83. The highest BCUT2D eigenvalue weighted by molar-refractivity contribution is 6.07. The molecule has 130 valence electrons. The van der Waals surface area contributed by atoms with Crippen LogP contribution in [0.3, 0.4) is 0 Å². The first-order chi connectivity index (χ1) is 12.0. The number of carbonyl (C=O) groups is 1. The molecule has 0 saturated heterocycles. The van der Waals surface area contributed by atoms with E-state index in [1.807, 2.05) is 26.0 Å². The molecule has 0 radical (unpaired) electrons. The molecule has 0 bridgehead atoms. The second-order valence-electron chi connectivity index (χ2n) is 5.89. The number of ether oxygens (including phenoxy) is 2. The van der Waals surface area contributed by atoms with Crippen LogP contribution in [0.4, 0.5) is 8.78 Å². The van der Waals surface area contributed by atoms with Gasteiger partial charge in [0.1, 0.15) is 17.6 Å². The van der Waals surface area contributed by atoms with E-state index < -0.39 is 17.4 Å². The van der Waals surface area contributed by atoms with Crippen LogP contribution in [0.5, 0.6) is 11.5 Å². The quantitative estimate of drug-likeness (QED) is 0.588. The fourth-order valence-electron chi connectivity index (χ4n) is 2.78. The van der Waals surface area contributed by atoms with Crippen LogP contribution in [0.1, 0.15) is 35.3 Å². The molecule has 2 aromatic carbocycles. The zero-order valence-corrected chi connectivity index (χ0v) is 14.0. The maximum Gasteiger partial charge on any atom is 0.185 e. The summed E-state index contributed by atoms with van der Waals surface area (Å²) in [6.45, 7) is 4.36. The molecule has 0 spiro atoms. The second-order valence-corrected chi connectivity index (χ2v) is 5.89. The molecule has 0 aromatic heterocycles. The lowest BCUT2D eigenvalue weighted by Gasteiger charge is -2.10. The summed E-state index contributed by atoms with van der Waals surface area (Å²) in [7, 11) is 0. The van der Waals surface area contributed by atoms with Crippen molar-refractivity contribution in [3.8, 4) is 11.5 Å². The fraction of sp³-hybridized carbons (Fsp3) is 0.250. The van der Waals surface area contributed by atoms with Crippen LogP contribution < -0.4 is 9.47 Å². The molecule has 3 rings (SSSR count). The van der Waals surface area contributed by atoms with Gasteiger partial charge in [-0.15, -0.1) is 0 Å². The lowest BCUT2D eigenvalue weighted by Crippen LogP contribution is -2.05. The average molecular weight is 344 g/mol. The summed E-state index contributed by atoms with van der Waals surface area (Å²) in [6, 6.07) is 6.83. The fourth-order valence-corrected chi connectivity index (χ4v) is 2.78. The molecule has 1 aliphatic heterocycles. The molecule has 25 heavy (non-hydrogen) atoms. The smallest absolute Gasteiger partial charge is 0.185 e. The monoisotopic (exact) mass is 344 g/mol. The van der Waals surface area contributed by atoms with Crippen molar-refractivity contribution in [3.05, 3.63) is 64.7 Å². The topological polar surface area (TPSA) is 35.5 Å². The third kappa shape index (κ3) is 3.71. The van der Waals surface area contributed by atoms with Crippen molar-refractivity contribution in [2.45, 2.75) is 26.4 Å². The minimum absolute atomic E-state index is 0.0825. The van der Waals surface area contributed by atoms with Gasteiger partial charge in [0.15, 0.2) is 17.4 Å². The molecule has 0 N–H and O–H groups in total. The standard InChI is InChI=1S/C20H18F2O3/c1-3-24-19-11-15-8-12(2)25-20(15)10-14(19)5-7-18(23)13-4-6-16(21)17(22)9-13/h4-7,9-12H,3,8H2,1-2H3/b7-5+. The van der Waals surface area contributed by atoms with E-state index in [4.69, 9.17) is 9.47 Å². The van der Waals surface area contributed by atoms with Crippen molar-refractivity contribution < 1.29 is 23.0 Å². The third-order valence-corrected chi connectivity index (χ3v) is 3.95. The highest BCUT2D eigenvalue weighted by atomic mass is 19.2. The van der Waals surface area contributed by atoms with Gasteiger partial charge < -0.3 is 9.47 Å². The largest absolute Gasteiger partial charge is 0.493 e. The molecule has 0 saturated carbocycles. The second kappa shape index (κ2) is 7.05. The highest BCUT2D eigenvalue weighted by Gasteiger charge is 2.21. The van der Waals surface area contributed by atoms with Crippen LogP contribution in [0.2, 0.25) is 0 Å². The molecule has 5 heteroatoms. The average Bonchev–Trinajstić information content (AvgIpc) is 2.94. The SMILES string of the molecule is CCOc1cc2c(cc1/C=C/C(=O)c1ccc(F)c(F)c1)OC(C)C2. The number of hydrogen-bond donors (Lipinski definition) is 0. The van der Waals surface area contributed by atoms with E-state index in [0.29, 0.717) is 17.9 Å². The van der Waals surface area contributed by atoms with Crippen LogP contribution >= 0.6 is 0 Å². The van der Waals surface area contributed by atoms with Gasteiger partial charge in [-0.3, -0.25) is 4.79 Å². The van der Waals surface area contributed by atoms with Gasteiger partial charge in [0, 0.05) is 23.1 Å². The predicted molar refractivity (Wildman–Crippen MR) is 91.1 cm³/mol. The Hall–Kier alpha value is -2.69. The van der Waals surface area contributed by atoms with Gasteiger partial charge in [0.25, 0.3) is 0 Å². The number of halogens is 2. The molecule has 2 aromatic rings. The van der Waals surface area contributed by atoms with Gasteiger partial charge in [0.05, 0.1) is 6.61 Å². The van der Waals surface area contributed by atoms with E-state index in [-0.39, 0.29) is 11.7 Å². The number of carbonyl (C=O) groups excluding carboxylic acids is 1. The molecule has 1 unspecified atom stereocenters. The summed E-state index contributed by atoms with van der Waals surface area (Å²) in [5, 5.41) is 0. The molecule has 1 aliphatic rings. The summed E-state index contributed by atoms with van der Waals surface area (Å²) < 4.78 is 37.6. The first kappa shape index (κ1) is 17.1. The van der Waals surface area contributed by atoms with Gasteiger partial charge in [-0.25, -0.2) is 8.78 Å². The predicted octanol–water partition coefficient (Wildman–Crippen LogP) is 4.58. The molecule has 0 amide bonds. The van der Waals surface area contributed by atoms with Crippen LogP contribution in [-0.4, -0.2) is 18.5 Å². The Kier molecular flexibility index (Phi) is 4.83. The van der Waals surface area contributed by atoms with E-state index >= 15 is 0 Å². The zero-order valence-electron chi connectivity index (χ0n) is 14.0. The van der Waals surface area contributed by atoms with E-state index in [9.17, 15) is 13.6 Å². The Bertz CT molecular complexity index is 843. The van der Waals surface area contributed by atoms with Gasteiger partial charge in [-0.2, -0.15) is 0 Å². The van der Waals surface area contributed by atoms with Crippen LogP contribution in [0.25, 0.3) is 6.08 Å². The van der Waals surface area contributed by atoms with Crippen LogP contribution in [-0.2, 0) is 6.42 Å². The maximum absolute atomic E-state index is 13.3. The Labute approximate surface area is 144 Å². The molecular weight excluding hydrogens is 326 g/mol. The van der Waals surface area contributed by atoms with E-state index in [1.54, 1.807) is 6.08 Å². The Morgan fingerprint density at radius 2 is 2.08 bits per heavy atom. The number of benzene rings is 2. The van der Waals surface area contributed by atoms with Crippen molar-refractivity contribution in [3.63, 3.8) is 0 Å². The number of hydrogen-bond acceptors (Lipinski definition) is 3. The number of ketones is 1. The molecule has 1 heterocycles. The summed E-state index contributed by atoms with van der Waals surface area (Å²) in [5.74, 6) is -1.02. The Morgan fingerprint density at radius 3 is 2.80 bits per heavy atom. The Balaban J connectivity index is 1.88. The molecule has 3 nitrogen and oxygen atoms in total. The molecule has 0 fully saturated rings. The third-order valence-electron chi connectivity index (χ3n) is 3.95. The summed E-state index contributed by atoms with van der Waals surface area (Å²) in [5.41, 5.74) is 1.85. The first-order valence-corrected chi connectivity index (χ1v) is 8.11.